The number of nitrogens with one attached hydrogen (secondary N) is 1. The van der Waals surface area contributed by atoms with Gasteiger partial charge in [-0.3, -0.25) is 14.9 Å². The first-order valence-electron chi connectivity index (χ1n) is 13.0. The van der Waals surface area contributed by atoms with E-state index in [2.05, 4.69) is 11.9 Å². The number of nitrogens with zero attached hydrogens (tertiary/aromatic N) is 1. The quantitative estimate of drug-likeness (QED) is 0.104. The van der Waals surface area contributed by atoms with E-state index < -0.39 is 15.9 Å². The number of likely N-dealkylation sites (tertiary alicyclic amines) is 1. The number of halogens is 3. The number of methoxy groups -OCH3 is 1. The van der Waals surface area contributed by atoms with Crippen molar-refractivity contribution in [1.82, 2.24) is 4.90 Å². The molecule has 1 atom stereocenters. The molecular formula is C27H37Cl3N2O8. The SMILES string of the molecule is C=CCOC(=O)Nc1cc(OCCCCCCOCC(Cl)(Cl)Cl)c(OC)cc1C(=O)N1CCC[C@H]1COC(C)=O. The molecule has 1 saturated heterocycles. The molecule has 1 heterocycles. The summed E-state index contributed by atoms with van der Waals surface area (Å²) in [5.41, 5.74) is 0.406. The zero-order valence-corrected chi connectivity index (χ0v) is 25.1. The van der Waals surface area contributed by atoms with Crippen molar-refractivity contribution in [3.8, 4) is 11.5 Å². The number of esters is 1. The largest absolute Gasteiger partial charge is 0.493 e. The Morgan fingerprint density at radius 1 is 1.10 bits per heavy atom. The molecule has 2 amide bonds. The normalized spacial score (nSPS) is 14.9. The molecule has 0 bridgehead atoms. The monoisotopic (exact) mass is 622 g/mol. The molecule has 0 radical (unpaired) electrons. The average Bonchev–Trinajstić information content (AvgIpc) is 3.37. The van der Waals surface area contributed by atoms with Crippen LogP contribution in [0.3, 0.4) is 0 Å². The maximum atomic E-state index is 13.6. The fourth-order valence-electron chi connectivity index (χ4n) is 4.07. The number of rotatable bonds is 16. The van der Waals surface area contributed by atoms with Crippen molar-refractivity contribution in [2.75, 3.05) is 52.0 Å². The minimum atomic E-state index is -1.41. The van der Waals surface area contributed by atoms with Gasteiger partial charge >= 0.3 is 12.1 Å². The van der Waals surface area contributed by atoms with Crippen molar-refractivity contribution in [3.05, 3.63) is 30.4 Å². The number of carbonyl (C=O) groups is 3. The highest BCUT2D eigenvalue weighted by Crippen LogP contribution is 2.36. The third-order valence-corrected chi connectivity index (χ3v) is 6.25. The second-order valence-electron chi connectivity index (χ2n) is 9.09. The van der Waals surface area contributed by atoms with Crippen LogP contribution in [-0.4, -0.2) is 79.4 Å². The molecule has 1 aliphatic rings. The Balaban J connectivity index is 2.09. The molecule has 1 aromatic rings. The lowest BCUT2D eigenvalue weighted by Gasteiger charge is -2.26. The fourth-order valence-corrected chi connectivity index (χ4v) is 4.30. The Kier molecular flexibility index (Phi) is 14.7. The molecule has 1 fully saturated rings. The van der Waals surface area contributed by atoms with Crippen molar-refractivity contribution in [3.63, 3.8) is 0 Å². The first kappa shape index (κ1) is 33.8. The molecule has 10 nitrogen and oxygen atoms in total. The number of ether oxygens (including phenoxy) is 5. The highest BCUT2D eigenvalue weighted by Gasteiger charge is 2.32. The molecule has 0 spiro atoms. The van der Waals surface area contributed by atoms with Crippen molar-refractivity contribution in [2.45, 2.75) is 55.3 Å². The highest BCUT2D eigenvalue weighted by molar-refractivity contribution is 6.67. The predicted molar refractivity (Wildman–Crippen MR) is 154 cm³/mol. The smallest absolute Gasteiger partial charge is 0.411 e. The molecule has 0 aromatic heterocycles. The molecule has 2 rings (SSSR count). The maximum Gasteiger partial charge on any atom is 0.411 e. The molecule has 1 aliphatic heterocycles. The van der Waals surface area contributed by atoms with Crippen LogP contribution in [0.15, 0.2) is 24.8 Å². The van der Waals surface area contributed by atoms with Crippen molar-refractivity contribution >= 4 is 58.5 Å². The van der Waals surface area contributed by atoms with Crippen molar-refractivity contribution < 1.29 is 38.1 Å². The Morgan fingerprint density at radius 2 is 1.82 bits per heavy atom. The number of anilines is 1. The number of alkyl halides is 3. The Morgan fingerprint density at radius 3 is 2.48 bits per heavy atom. The molecule has 0 saturated carbocycles. The summed E-state index contributed by atoms with van der Waals surface area (Å²) in [6, 6.07) is 2.80. The number of hydrogen-bond acceptors (Lipinski definition) is 8. The fraction of sp³-hybridized carbons (Fsp3) is 0.593. The molecule has 1 N–H and O–H groups in total. The zero-order chi connectivity index (χ0) is 29.5. The molecule has 1 aromatic carbocycles. The van der Waals surface area contributed by atoms with E-state index in [1.165, 1.54) is 26.2 Å². The summed E-state index contributed by atoms with van der Waals surface area (Å²) < 4.78 is 25.6. The van der Waals surface area contributed by atoms with Gasteiger partial charge in [-0.25, -0.2) is 4.79 Å². The van der Waals surface area contributed by atoms with Crippen LogP contribution in [0, 0.1) is 0 Å². The number of carbonyl (C=O) groups excluding carboxylic acids is 3. The van der Waals surface area contributed by atoms with Crippen LogP contribution in [0.2, 0.25) is 0 Å². The third kappa shape index (κ3) is 12.0. The summed E-state index contributed by atoms with van der Waals surface area (Å²) in [6.07, 6.45) is 5.50. The molecule has 224 valence electrons. The van der Waals surface area contributed by atoms with Crippen molar-refractivity contribution in [2.24, 2.45) is 0 Å². The Labute approximate surface area is 250 Å². The van der Waals surface area contributed by atoms with Gasteiger partial charge in [0.05, 0.1) is 37.6 Å². The van der Waals surface area contributed by atoms with E-state index in [4.69, 9.17) is 58.5 Å². The Hall–Kier alpha value is -2.40. The maximum absolute atomic E-state index is 13.6. The van der Waals surface area contributed by atoms with Crippen LogP contribution in [-0.2, 0) is 19.0 Å². The van der Waals surface area contributed by atoms with Crippen LogP contribution in [0.5, 0.6) is 11.5 Å². The van der Waals surface area contributed by atoms with Gasteiger partial charge in [-0.1, -0.05) is 53.9 Å². The summed E-state index contributed by atoms with van der Waals surface area (Å²) in [6.45, 7) is 6.36. The van der Waals surface area contributed by atoms with Gasteiger partial charge in [-0.2, -0.15) is 0 Å². The Bertz CT molecular complexity index is 1000. The first-order valence-corrected chi connectivity index (χ1v) is 14.2. The predicted octanol–water partition coefficient (Wildman–Crippen LogP) is 5.92. The standard InChI is InChI=1S/C27H37Cl3N2O8/c1-4-12-39-26(35)31-22-16-24(38-14-8-6-5-7-13-37-18-27(28,29)30)23(36-3)15-21(22)25(34)32-11-9-10-20(32)17-40-19(2)33/h4,15-16,20H,1,5-14,17-18H2,2-3H3,(H,31,35)/t20-/m0/s1. The average molecular weight is 624 g/mol. The van der Waals surface area contributed by atoms with Gasteiger partial charge in [0.15, 0.2) is 11.5 Å². The second kappa shape index (κ2) is 17.4. The third-order valence-electron chi connectivity index (χ3n) is 5.93. The van der Waals surface area contributed by atoms with Gasteiger partial charge in [0.25, 0.3) is 5.91 Å². The minimum absolute atomic E-state index is 0.000745. The van der Waals surface area contributed by atoms with Crippen LogP contribution in [0.1, 0.15) is 55.8 Å². The van der Waals surface area contributed by atoms with E-state index in [0.717, 1.165) is 32.1 Å². The van der Waals surface area contributed by atoms with Crippen molar-refractivity contribution in [1.29, 1.82) is 0 Å². The van der Waals surface area contributed by atoms with E-state index in [1.54, 1.807) is 11.0 Å². The van der Waals surface area contributed by atoms with Gasteiger partial charge in [-0.15, -0.1) is 0 Å². The van der Waals surface area contributed by atoms with E-state index in [9.17, 15) is 14.4 Å². The van der Waals surface area contributed by atoms with E-state index in [0.29, 0.717) is 37.7 Å². The number of unbranched alkanes of at least 4 members (excludes halogenated alkanes) is 3. The van der Waals surface area contributed by atoms with Crippen LogP contribution >= 0.6 is 34.8 Å². The summed E-state index contributed by atoms with van der Waals surface area (Å²) in [4.78, 5) is 38.9. The molecular weight excluding hydrogens is 587 g/mol. The summed E-state index contributed by atoms with van der Waals surface area (Å²) >= 11 is 17.0. The summed E-state index contributed by atoms with van der Waals surface area (Å²) in [5.74, 6) is -0.0511. The van der Waals surface area contributed by atoms with Gasteiger partial charge in [0, 0.05) is 26.1 Å². The van der Waals surface area contributed by atoms with Gasteiger partial charge in [0.2, 0.25) is 3.79 Å². The molecule has 13 heteroatoms. The van der Waals surface area contributed by atoms with Gasteiger partial charge in [-0.05, 0) is 38.2 Å². The summed E-state index contributed by atoms with van der Waals surface area (Å²) in [5, 5.41) is 2.63. The van der Waals surface area contributed by atoms with E-state index >= 15 is 0 Å². The minimum Gasteiger partial charge on any atom is -0.493 e. The summed E-state index contributed by atoms with van der Waals surface area (Å²) in [7, 11) is 1.47. The molecule has 40 heavy (non-hydrogen) atoms. The van der Waals surface area contributed by atoms with E-state index in [-0.39, 0.29) is 43.0 Å². The second-order valence-corrected chi connectivity index (χ2v) is 11.6. The number of hydrogen-bond donors (Lipinski definition) is 1. The zero-order valence-electron chi connectivity index (χ0n) is 22.8. The molecule has 0 unspecified atom stereocenters. The number of amides is 2. The van der Waals surface area contributed by atoms with Gasteiger partial charge < -0.3 is 28.6 Å². The van der Waals surface area contributed by atoms with Gasteiger partial charge in [0.1, 0.15) is 13.2 Å². The first-order chi connectivity index (χ1) is 19.1. The highest BCUT2D eigenvalue weighted by atomic mass is 35.6. The van der Waals surface area contributed by atoms with E-state index in [1.807, 2.05) is 0 Å². The van der Waals surface area contributed by atoms with Crippen LogP contribution < -0.4 is 14.8 Å². The lowest BCUT2D eigenvalue weighted by molar-refractivity contribution is -0.142. The topological polar surface area (TPSA) is 113 Å². The lowest BCUT2D eigenvalue weighted by Crippen LogP contribution is -2.39. The lowest BCUT2D eigenvalue weighted by atomic mass is 10.1. The molecule has 0 aliphatic carbocycles. The van der Waals surface area contributed by atoms with Crippen LogP contribution in [0.4, 0.5) is 10.5 Å². The van der Waals surface area contributed by atoms with Crippen LogP contribution in [0.25, 0.3) is 0 Å². The number of benzene rings is 1.